The summed E-state index contributed by atoms with van der Waals surface area (Å²) in [6.07, 6.45) is 13.6. The molecule has 0 aromatic rings. The van der Waals surface area contributed by atoms with Gasteiger partial charge in [0.1, 0.15) is 0 Å². The Morgan fingerprint density at radius 2 is 1.38 bits per heavy atom. The van der Waals surface area contributed by atoms with Crippen molar-refractivity contribution in [1.82, 2.24) is 0 Å². The summed E-state index contributed by atoms with van der Waals surface area (Å²) < 4.78 is 0. The van der Waals surface area contributed by atoms with Crippen LogP contribution < -0.4 is 0 Å². The van der Waals surface area contributed by atoms with Crippen LogP contribution in [-0.4, -0.2) is 0 Å². The predicted molar refractivity (Wildman–Crippen MR) is 66.9 cm³/mol. The first-order chi connectivity index (χ1) is 6.31. The highest BCUT2D eigenvalue weighted by molar-refractivity contribution is 4.81. The molecule has 0 aliphatic heterocycles. The summed E-state index contributed by atoms with van der Waals surface area (Å²) in [4.78, 5) is 0. The van der Waals surface area contributed by atoms with E-state index in [1.807, 2.05) is 27.7 Å². The predicted octanol–water partition coefficient (Wildman–Crippen LogP) is 4.91. The van der Waals surface area contributed by atoms with Crippen LogP contribution >= 0.6 is 0 Å². The molecular weight excluding hydrogens is 156 g/mol. The maximum atomic E-state index is 4.00. The van der Waals surface area contributed by atoms with Crippen LogP contribution in [0.4, 0.5) is 0 Å². The monoisotopic (exact) mass is 184 g/mol. The molecule has 0 amide bonds. The summed E-state index contributed by atoms with van der Waals surface area (Å²) >= 11 is 0. The van der Waals surface area contributed by atoms with Crippen molar-refractivity contribution in [1.29, 1.82) is 0 Å². The van der Waals surface area contributed by atoms with Crippen LogP contribution in [0.5, 0.6) is 0 Å². The maximum Gasteiger partial charge on any atom is -0.0265 e. The third-order valence-electron chi connectivity index (χ3n) is 1.16. The van der Waals surface area contributed by atoms with Crippen molar-refractivity contribution in [2.45, 2.75) is 54.9 Å². The Balaban J connectivity index is -0.0000000573. The molecule has 0 saturated heterocycles. The Bertz CT molecular complexity index is 77.3. The van der Waals surface area contributed by atoms with E-state index in [-0.39, 0.29) is 0 Å². The zero-order valence-electron chi connectivity index (χ0n) is 10.6. The molecule has 0 heterocycles. The third kappa shape index (κ3) is 52.9. The van der Waals surface area contributed by atoms with Crippen molar-refractivity contribution < 1.29 is 0 Å². The summed E-state index contributed by atoms with van der Waals surface area (Å²) in [5.41, 5.74) is 0. The highest BCUT2D eigenvalue weighted by Gasteiger charge is 1.85. The Kier molecular flexibility index (Phi) is 74.8. The smallest absolute Gasteiger partial charge is 0.0265 e. The number of hydrogen-bond donors (Lipinski definition) is 0. The molecule has 0 aliphatic carbocycles. The minimum absolute atomic E-state index is 0.769. The van der Waals surface area contributed by atoms with E-state index in [1.165, 1.54) is 6.42 Å². The zero-order valence-corrected chi connectivity index (χ0v) is 10.6. The van der Waals surface area contributed by atoms with E-state index < -0.39 is 0 Å². The lowest BCUT2D eigenvalue weighted by molar-refractivity contribution is 0.697. The Morgan fingerprint density at radius 3 is 1.46 bits per heavy atom. The van der Waals surface area contributed by atoms with Gasteiger partial charge in [0.05, 0.1) is 0 Å². The molecule has 0 rings (SSSR count). The maximum absolute atomic E-state index is 4.00. The average molecular weight is 184 g/mol. The van der Waals surface area contributed by atoms with Gasteiger partial charge in [0.25, 0.3) is 0 Å². The molecule has 0 N–H and O–H groups in total. The minimum atomic E-state index is 0.769. The fourth-order valence-corrected chi connectivity index (χ4v) is 0.465. The first-order valence-electron chi connectivity index (χ1n) is 5.27. The summed E-state index contributed by atoms with van der Waals surface area (Å²) in [5, 5.41) is 0. The fraction of sp³-hybridized carbons (Fsp3) is 0.692. The quantitative estimate of drug-likeness (QED) is 0.422. The van der Waals surface area contributed by atoms with Gasteiger partial charge in [-0.2, -0.15) is 0 Å². The lowest BCUT2D eigenvalue weighted by atomic mass is 10.1. The van der Waals surface area contributed by atoms with Gasteiger partial charge in [0, 0.05) is 0 Å². The van der Waals surface area contributed by atoms with E-state index in [1.54, 1.807) is 0 Å². The van der Waals surface area contributed by atoms with Gasteiger partial charge in [-0.25, -0.2) is 0 Å². The lowest BCUT2D eigenvalue weighted by Crippen LogP contribution is -1.81. The van der Waals surface area contributed by atoms with Crippen LogP contribution in [0.15, 0.2) is 12.2 Å². The van der Waals surface area contributed by atoms with Gasteiger partial charge in [-0.3, -0.25) is 0 Å². The van der Waals surface area contributed by atoms with E-state index in [2.05, 4.69) is 45.8 Å². The molecule has 0 bridgehead atoms. The van der Waals surface area contributed by atoms with Crippen LogP contribution in [0.25, 0.3) is 0 Å². The number of allylic oxidation sites excluding steroid dienone is 2. The van der Waals surface area contributed by atoms with Gasteiger partial charge in [0.15, 0.2) is 0 Å². The molecule has 13 heavy (non-hydrogen) atoms. The SMILES string of the molecule is C#C.CC.CC.CC=CC(C)CC. The van der Waals surface area contributed by atoms with Crippen molar-refractivity contribution in [3.05, 3.63) is 12.2 Å². The molecule has 0 nitrogen and oxygen atoms in total. The minimum Gasteiger partial charge on any atom is -0.124 e. The second-order valence-corrected chi connectivity index (χ2v) is 1.91. The first kappa shape index (κ1) is 22.8. The third-order valence-corrected chi connectivity index (χ3v) is 1.16. The molecule has 1 atom stereocenters. The normalized spacial score (nSPS) is 9.31. The first-order valence-corrected chi connectivity index (χ1v) is 5.27. The lowest BCUT2D eigenvalue weighted by Gasteiger charge is -1.95. The number of rotatable bonds is 2. The van der Waals surface area contributed by atoms with Gasteiger partial charge in [-0.05, 0) is 12.8 Å². The molecule has 0 aliphatic rings. The molecule has 0 spiro atoms. The molecule has 0 aromatic heterocycles. The van der Waals surface area contributed by atoms with Gasteiger partial charge >= 0.3 is 0 Å². The van der Waals surface area contributed by atoms with Crippen LogP contribution in [0.3, 0.4) is 0 Å². The Morgan fingerprint density at radius 1 is 1.08 bits per heavy atom. The summed E-state index contributed by atoms with van der Waals surface area (Å²) in [6.45, 7) is 14.5. The average Bonchev–Trinajstić information content (AvgIpc) is 2.27. The molecule has 1 unspecified atom stereocenters. The van der Waals surface area contributed by atoms with Crippen molar-refractivity contribution in [3.8, 4) is 12.8 Å². The van der Waals surface area contributed by atoms with E-state index in [0.717, 1.165) is 5.92 Å². The van der Waals surface area contributed by atoms with E-state index >= 15 is 0 Å². The number of hydrogen-bond acceptors (Lipinski definition) is 0. The topological polar surface area (TPSA) is 0 Å². The van der Waals surface area contributed by atoms with Crippen LogP contribution in [0, 0.1) is 18.8 Å². The summed E-state index contributed by atoms with van der Waals surface area (Å²) in [6, 6.07) is 0. The fourth-order valence-electron chi connectivity index (χ4n) is 0.465. The zero-order chi connectivity index (χ0) is 11.7. The second-order valence-electron chi connectivity index (χ2n) is 1.91. The second kappa shape index (κ2) is 42.7. The molecule has 0 saturated carbocycles. The van der Waals surface area contributed by atoms with E-state index in [9.17, 15) is 0 Å². The molecule has 0 heteroatoms. The molecule has 0 radical (unpaired) electrons. The highest BCUT2D eigenvalue weighted by Crippen LogP contribution is 2.00. The summed E-state index contributed by atoms with van der Waals surface area (Å²) in [5.74, 6) is 0.769. The highest BCUT2D eigenvalue weighted by atomic mass is 13.9. The Hall–Kier alpha value is -0.700. The van der Waals surface area contributed by atoms with E-state index in [0.29, 0.717) is 0 Å². The largest absolute Gasteiger partial charge is 0.124 e. The standard InChI is InChI=1S/C7H14.2C2H6.C2H2/c1-4-6-7(3)5-2;3*1-2/h4,6-7H,5H2,1-3H3;2*1-2H3;1-2H. The molecule has 0 fully saturated rings. The van der Waals surface area contributed by atoms with Crippen molar-refractivity contribution in [2.24, 2.45) is 5.92 Å². The van der Waals surface area contributed by atoms with Gasteiger partial charge in [-0.15, -0.1) is 12.8 Å². The van der Waals surface area contributed by atoms with Crippen LogP contribution in [0.1, 0.15) is 54.9 Å². The number of terminal acetylenes is 1. The van der Waals surface area contributed by atoms with Gasteiger partial charge in [-0.1, -0.05) is 60.1 Å². The van der Waals surface area contributed by atoms with Crippen molar-refractivity contribution >= 4 is 0 Å². The van der Waals surface area contributed by atoms with Crippen molar-refractivity contribution in [2.75, 3.05) is 0 Å². The Labute approximate surface area is 86.4 Å². The van der Waals surface area contributed by atoms with Crippen LogP contribution in [0.2, 0.25) is 0 Å². The van der Waals surface area contributed by atoms with Gasteiger partial charge in [0.2, 0.25) is 0 Å². The molecule has 80 valence electrons. The van der Waals surface area contributed by atoms with Crippen molar-refractivity contribution in [3.63, 3.8) is 0 Å². The van der Waals surface area contributed by atoms with Crippen LogP contribution in [-0.2, 0) is 0 Å². The molecular formula is C13H28. The van der Waals surface area contributed by atoms with Gasteiger partial charge < -0.3 is 0 Å². The summed E-state index contributed by atoms with van der Waals surface area (Å²) in [7, 11) is 0. The molecule has 0 aromatic carbocycles. The van der Waals surface area contributed by atoms with E-state index in [4.69, 9.17) is 0 Å².